The summed E-state index contributed by atoms with van der Waals surface area (Å²) < 4.78 is 0. The number of hydrogen-bond acceptors (Lipinski definition) is 4. The van der Waals surface area contributed by atoms with Crippen LogP contribution in [0.5, 0.6) is 0 Å². The van der Waals surface area contributed by atoms with Gasteiger partial charge in [-0.3, -0.25) is 4.79 Å². The number of anilines is 2. The van der Waals surface area contributed by atoms with Crippen LogP contribution >= 0.6 is 35.0 Å². The summed E-state index contributed by atoms with van der Waals surface area (Å²) in [5.74, 6) is 0.747. The van der Waals surface area contributed by atoms with Crippen LogP contribution in [-0.2, 0) is 4.79 Å². The lowest BCUT2D eigenvalue weighted by Gasteiger charge is -2.11. The van der Waals surface area contributed by atoms with Crippen LogP contribution in [0, 0.1) is 0 Å². The smallest absolute Gasteiger partial charge is 0.224 e. The summed E-state index contributed by atoms with van der Waals surface area (Å²) in [6.45, 7) is 2.26. The molecular weight excluding hydrogens is 331 g/mol. The van der Waals surface area contributed by atoms with Crippen LogP contribution in [0.1, 0.15) is 26.2 Å². The number of nitrogens with two attached hydrogens (primary N) is 1. The first-order valence-corrected chi connectivity index (χ1v) is 8.51. The molecule has 1 atom stereocenters. The van der Waals surface area contributed by atoms with Gasteiger partial charge in [-0.1, -0.05) is 30.1 Å². The number of aliphatic hydroxyl groups is 1. The second kappa shape index (κ2) is 9.41. The van der Waals surface area contributed by atoms with Crippen LogP contribution in [-0.4, -0.2) is 28.6 Å². The van der Waals surface area contributed by atoms with Crippen LogP contribution in [0.3, 0.4) is 0 Å². The van der Waals surface area contributed by atoms with E-state index in [0.29, 0.717) is 33.1 Å². The van der Waals surface area contributed by atoms with E-state index in [9.17, 15) is 4.79 Å². The fourth-order valence-electron chi connectivity index (χ4n) is 1.70. The minimum Gasteiger partial charge on any atom is -0.399 e. The highest BCUT2D eigenvalue weighted by Gasteiger charge is 2.11. The average molecular weight is 351 g/mol. The summed E-state index contributed by atoms with van der Waals surface area (Å²) in [4.78, 5) is 11.9. The number of hydrogen-bond donors (Lipinski definition) is 3. The predicted octanol–water partition coefficient (Wildman–Crippen LogP) is 3.80. The quantitative estimate of drug-likeness (QED) is 0.492. The number of aliphatic hydroxyl groups excluding tert-OH is 1. The normalized spacial score (nSPS) is 12.2. The number of amides is 1. The van der Waals surface area contributed by atoms with Crippen molar-refractivity contribution in [1.29, 1.82) is 0 Å². The molecule has 1 aromatic rings. The first-order chi connectivity index (χ1) is 9.93. The lowest BCUT2D eigenvalue weighted by Crippen LogP contribution is -2.12. The van der Waals surface area contributed by atoms with Gasteiger partial charge in [0.2, 0.25) is 5.91 Å². The molecule has 0 aliphatic rings. The molecule has 0 bridgehead atoms. The molecule has 0 radical (unpaired) electrons. The van der Waals surface area contributed by atoms with Crippen LogP contribution < -0.4 is 11.1 Å². The molecule has 0 saturated carbocycles. The SMILES string of the molecule is CC(CCO)SCCCC(=O)Nc1c(Cl)cc(N)cc1Cl. The summed E-state index contributed by atoms with van der Waals surface area (Å²) in [6.07, 6.45) is 1.93. The van der Waals surface area contributed by atoms with Crippen molar-refractivity contribution < 1.29 is 9.90 Å². The molecule has 4 N–H and O–H groups in total. The van der Waals surface area contributed by atoms with E-state index in [4.69, 9.17) is 34.0 Å². The van der Waals surface area contributed by atoms with Crippen molar-refractivity contribution in [3.05, 3.63) is 22.2 Å². The molecular formula is C14H20Cl2N2O2S. The molecule has 0 aliphatic heterocycles. The number of rotatable bonds is 8. The minimum absolute atomic E-state index is 0.126. The highest BCUT2D eigenvalue weighted by Crippen LogP contribution is 2.32. The third-order valence-corrected chi connectivity index (χ3v) is 4.74. The lowest BCUT2D eigenvalue weighted by atomic mass is 10.2. The van der Waals surface area contributed by atoms with Gasteiger partial charge >= 0.3 is 0 Å². The van der Waals surface area contributed by atoms with Crippen molar-refractivity contribution in [2.45, 2.75) is 31.4 Å². The molecule has 0 heterocycles. The van der Waals surface area contributed by atoms with Crippen molar-refractivity contribution in [3.63, 3.8) is 0 Å². The zero-order chi connectivity index (χ0) is 15.8. The van der Waals surface area contributed by atoms with Crippen molar-refractivity contribution in [2.75, 3.05) is 23.4 Å². The third-order valence-electron chi connectivity index (χ3n) is 2.82. The Hall–Kier alpha value is -0.620. The number of thioether (sulfide) groups is 1. The summed E-state index contributed by atoms with van der Waals surface area (Å²) in [5.41, 5.74) is 6.47. The van der Waals surface area contributed by atoms with E-state index in [1.54, 1.807) is 23.9 Å². The summed E-state index contributed by atoms with van der Waals surface area (Å²) in [5, 5.41) is 12.6. The maximum absolute atomic E-state index is 11.9. The van der Waals surface area contributed by atoms with Gasteiger partial charge in [0, 0.05) is 24.0 Å². The lowest BCUT2D eigenvalue weighted by molar-refractivity contribution is -0.116. The predicted molar refractivity (Wildman–Crippen MR) is 92.4 cm³/mol. The molecule has 4 nitrogen and oxygen atoms in total. The Morgan fingerprint density at radius 1 is 1.43 bits per heavy atom. The first-order valence-electron chi connectivity index (χ1n) is 6.71. The number of benzene rings is 1. The van der Waals surface area contributed by atoms with Crippen molar-refractivity contribution in [2.24, 2.45) is 0 Å². The third kappa shape index (κ3) is 6.78. The molecule has 21 heavy (non-hydrogen) atoms. The molecule has 0 aromatic heterocycles. The van der Waals surface area contributed by atoms with Crippen LogP contribution in [0.15, 0.2) is 12.1 Å². The van der Waals surface area contributed by atoms with Crippen LogP contribution in [0.2, 0.25) is 10.0 Å². The van der Waals surface area contributed by atoms with E-state index in [0.717, 1.165) is 18.6 Å². The number of carbonyl (C=O) groups excluding carboxylic acids is 1. The van der Waals surface area contributed by atoms with Gasteiger partial charge in [0.1, 0.15) is 0 Å². The fourth-order valence-corrected chi connectivity index (χ4v) is 3.28. The van der Waals surface area contributed by atoms with E-state index < -0.39 is 0 Å². The van der Waals surface area contributed by atoms with E-state index >= 15 is 0 Å². The molecule has 1 aromatic carbocycles. The van der Waals surface area contributed by atoms with Crippen molar-refractivity contribution >= 4 is 52.2 Å². The summed E-state index contributed by atoms with van der Waals surface area (Å²) in [7, 11) is 0. The van der Waals surface area contributed by atoms with Gasteiger partial charge in [-0.15, -0.1) is 0 Å². The summed E-state index contributed by atoms with van der Waals surface area (Å²) >= 11 is 13.8. The Morgan fingerprint density at radius 3 is 2.62 bits per heavy atom. The molecule has 7 heteroatoms. The molecule has 0 saturated heterocycles. The molecule has 1 unspecified atom stereocenters. The van der Waals surface area contributed by atoms with Crippen molar-refractivity contribution in [1.82, 2.24) is 0 Å². The van der Waals surface area contributed by atoms with Gasteiger partial charge in [-0.25, -0.2) is 0 Å². The van der Waals surface area contributed by atoms with Gasteiger partial charge in [0.05, 0.1) is 15.7 Å². The molecule has 0 fully saturated rings. The maximum atomic E-state index is 11.9. The highest BCUT2D eigenvalue weighted by atomic mass is 35.5. The molecule has 118 valence electrons. The zero-order valence-corrected chi connectivity index (χ0v) is 14.2. The highest BCUT2D eigenvalue weighted by molar-refractivity contribution is 7.99. The Balaban J connectivity index is 2.38. The Morgan fingerprint density at radius 2 is 2.05 bits per heavy atom. The summed E-state index contributed by atoms with van der Waals surface area (Å²) in [6, 6.07) is 3.10. The second-order valence-corrected chi connectivity index (χ2v) is 7.07. The van der Waals surface area contributed by atoms with Crippen LogP contribution in [0.25, 0.3) is 0 Å². The Kier molecular flexibility index (Phi) is 8.26. The van der Waals surface area contributed by atoms with E-state index in [-0.39, 0.29) is 12.5 Å². The Labute approximate surface area is 139 Å². The first kappa shape index (κ1) is 18.4. The largest absolute Gasteiger partial charge is 0.399 e. The van der Waals surface area contributed by atoms with Gasteiger partial charge in [0.25, 0.3) is 0 Å². The van der Waals surface area contributed by atoms with Crippen LogP contribution in [0.4, 0.5) is 11.4 Å². The van der Waals surface area contributed by atoms with Gasteiger partial charge in [-0.05, 0) is 30.7 Å². The molecule has 0 spiro atoms. The van der Waals surface area contributed by atoms with E-state index in [2.05, 4.69) is 12.2 Å². The zero-order valence-electron chi connectivity index (χ0n) is 11.9. The second-order valence-electron chi connectivity index (χ2n) is 4.70. The van der Waals surface area contributed by atoms with Crippen molar-refractivity contribution in [3.8, 4) is 0 Å². The number of carbonyl (C=O) groups is 1. The average Bonchev–Trinajstić information content (AvgIpc) is 2.39. The molecule has 1 amide bonds. The van der Waals surface area contributed by atoms with E-state index in [1.165, 1.54) is 0 Å². The standard InChI is InChI=1S/C14H20Cl2N2O2S/c1-9(4-5-19)21-6-2-3-13(20)18-14-11(15)7-10(17)8-12(14)16/h7-9,19H,2-6,17H2,1H3,(H,18,20). The molecule has 1 rings (SSSR count). The number of nitrogen functional groups attached to an aromatic ring is 1. The maximum Gasteiger partial charge on any atom is 0.224 e. The number of nitrogens with one attached hydrogen (secondary N) is 1. The van der Waals surface area contributed by atoms with Gasteiger partial charge in [0.15, 0.2) is 0 Å². The van der Waals surface area contributed by atoms with Gasteiger partial charge < -0.3 is 16.2 Å². The Bertz CT molecular complexity index is 463. The molecule has 0 aliphatic carbocycles. The minimum atomic E-state index is -0.126. The number of halogens is 2. The van der Waals surface area contributed by atoms with E-state index in [1.807, 2.05) is 0 Å². The fraction of sp³-hybridized carbons (Fsp3) is 0.500. The topological polar surface area (TPSA) is 75.3 Å². The van der Waals surface area contributed by atoms with Gasteiger partial charge in [-0.2, -0.15) is 11.8 Å². The monoisotopic (exact) mass is 350 g/mol.